The standard InChI is InChI=1S/C34H47N7O4SSi/c1-22(14-17-45-47(8,9)34(3,4)5)24-10-11-28(41-21-29(23(41)2)40(6)46(7,43)44)26-20-37-32(18-25(24)26)38-31-13-16-36-33(39-31)27-19-35-15-12-30(27)42/h10-13,15-16,18-20,22-23,29H,14,17,21H2,1-9H3,(H,35,42)(H,36,37,38,39)/t22?,23-,29+/m1/s1. The van der Waals surface area contributed by atoms with Crippen molar-refractivity contribution in [1.29, 1.82) is 0 Å². The highest BCUT2D eigenvalue weighted by Crippen LogP contribution is 2.40. The molecule has 11 nitrogen and oxygen atoms in total. The van der Waals surface area contributed by atoms with Crippen LogP contribution in [0.1, 0.15) is 52.5 Å². The number of hydrogen-bond donors (Lipinski definition) is 2. The number of nitrogens with zero attached hydrogens (tertiary/aromatic N) is 5. The van der Waals surface area contributed by atoms with Gasteiger partial charge in [0, 0.05) is 68.2 Å². The number of aromatic nitrogens is 4. The molecule has 1 unspecified atom stereocenters. The van der Waals surface area contributed by atoms with E-state index in [1.807, 2.05) is 12.3 Å². The number of nitrogens with one attached hydrogen (secondary N) is 2. The molecule has 0 saturated carbocycles. The van der Waals surface area contributed by atoms with Crippen LogP contribution in [0.5, 0.6) is 0 Å². The van der Waals surface area contributed by atoms with Gasteiger partial charge in [-0.1, -0.05) is 33.8 Å². The van der Waals surface area contributed by atoms with Crippen LogP contribution in [0.25, 0.3) is 22.2 Å². The van der Waals surface area contributed by atoms with E-state index in [1.54, 1.807) is 31.7 Å². The van der Waals surface area contributed by atoms with Crippen LogP contribution in [-0.4, -0.2) is 79.5 Å². The summed E-state index contributed by atoms with van der Waals surface area (Å²) >= 11 is 0. The molecule has 0 radical (unpaired) electrons. The van der Waals surface area contributed by atoms with Crippen molar-refractivity contribution in [3.8, 4) is 11.4 Å². The van der Waals surface area contributed by atoms with Crippen molar-refractivity contribution in [3.63, 3.8) is 0 Å². The van der Waals surface area contributed by atoms with E-state index >= 15 is 0 Å². The minimum atomic E-state index is -3.30. The Morgan fingerprint density at radius 1 is 1.15 bits per heavy atom. The molecule has 1 aromatic carbocycles. The zero-order valence-corrected chi connectivity index (χ0v) is 30.6. The lowest BCUT2D eigenvalue weighted by molar-refractivity contribution is 0.251. The number of rotatable bonds is 11. The zero-order valence-electron chi connectivity index (χ0n) is 28.8. The third-order valence-corrected chi connectivity index (χ3v) is 15.8. The van der Waals surface area contributed by atoms with E-state index in [0.29, 0.717) is 36.2 Å². The molecule has 1 saturated heterocycles. The van der Waals surface area contributed by atoms with Gasteiger partial charge in [0.25, 0.3) is 0 Å². The summed E-state index contributed by atoms with van der Waals surface area (Å²) in [6.45, 7) is 16.9. The molecule has 0 amide bonds. The molecular weight excluding hydrogens is 631 g/mol. The predicted octanol–water partition coefficient (Wildman–Crippen LogP) is 6.11. The van der Waals surface area contributed by atoms with Crippen LogP contribution in [-0.2, 0) is 14.4 Å². The van der Waals surface area contributed by atoms with Crippen molar-refractivity contribution in [2.45, 2.75) is 77.2 Å². The molecule has 2 N–H and O–H groups in total. The third kappa shape index (κ3) is 7.27. The molecule has 13 heteroatoms. The SMILES string of the molecule is CC(CCO[Si](C)(C)C(C)(C)C)c1ccc(N2C[C@H](N(C)S(C)(=O)=O)[C@H]2C)c2cnc(Nc3ccnc(-c4c[nH]ccc4=O)n3)cc12. The van der Waals surface area contributed by atoms with Crippen LogP contribution < -0.4 is 15.6 Å². The maximum atomic E-state index is 12.4. The Balaban J connectivity index is 1.48. The highest BCUT2D eigenvalue weighted by atomic mass is 32.2. The van der Waals surface area contributed by atoms with Crippen LogP contribution in [0.3, 0.4) is 0 Å². The molecule has 4 heterocycles. The molecule has 5 rings (SSSR count). The molecule has 3 aromatic heterocycles. The molecule has 252 valence electrons. The van der Waals surface area contributed by atoms with Gasteiger partial charge in [-0.15, -0.1) is 0 Å². The minimum absolute atomic E-state index is 0.00225. The fraction of sp³-hybridized carbons (Fsp3) is 0.471. The Morgan fingerprint density at radius 3 is 2.55 bits per heavy atom. The summed E-state index contributed by atoms with van der Waals surface area (Å²) in [6.07, 6.45) is 8.77. The van der Waals surface area contributed by atoms with Gasteiger partial charge >= 0.3 is 0 Å². The lowest BCUT2D eigenvalue weighted by atomic mass is 9.90. The lowest BCUT2D eigenvalue weighted by Gasteiger charge is -2.51. The van der Waals surface area contributed by atoms with E-state index in [2.05, 4.69) is 85.0 Å². The van der Waals surface area contributed by atoms with Gasteiger partial charge in [0.05, 0.1) is 17.9 Å². The number of sulfonamides is 1. The number of anilines is 3. The van der Waals surface area contributed by atoms with Crippen molar-refractivity contribution < 1.29 is 12.8 Å². The van der Waals surface area contributed by atoms with Gasteiger partial charge in [-0.2, -0.15) is 4.31 Å². The molecule has 0 bridgehead atoms. The fourth-order valence-corrected chi connectivity index (χ4v) is 7.51. The van der Waals surface area contributed by atoms with Crippen LogP contribution in [0.2, 0.25) is 18.1 Å². The average molecular weight is 678 g/mol. The second-order valence-electron chi connectivity index (χ2n) is 14.1. The Labute approximate surface area is 279 Å². The molecule has 0 aliphatic carbocycles. The topological polar surface area (TPSA) is 133 Å². The second kappa shape index (κ2) is 13.1. The molecule has 3 atom stereocenters. The fourth-order valence-electron chi connectivity index (χ4n) is 5.71. The van der Waals surface area contributed by atoms with Crippen molar-refractivity contribution >= 4 is 46.4 Å². The smallest absolute Gasteiger partial charge is 0.211 e. The highest BCUT2D eigenvalue weighted by molar-refractivity contribution is 7.88. The van der Waals surface area contributed by atoms with Crippen molar-refractivity contribution in [3.05, 3.63) is 70.9 Å². The summed E-state index contributed by atoms with van der Waals surface area (Å²) in [5, 5.41) is 5.51. The summed E-state index contributed by atoms with van der Waals surface area (Å²) in [5.41, 5.74) is 2.42. The quantitative estimate of drug-likeness (QED) is 0.181. The van der Waals surface area contributed by atoms with Gasteiger partial charge in [-0.25, -0.2) is 23.4 Å². The summed E-state index contributed by atoms with van der Waals surface area (Å²) in [6, 6.07) is 9.44. The van der Waals surface area contributed by atoms with Gasteiger partial charge in [0.15, 0.2) is 19.6 Å². The Hall–Kier alpha value is -3.65. The third-order valence-electron chi connectivity index (χ3n) is 9.97. The van der Waals surface area contributed by atoms with E-state index in [0.717, 1.165) is 22.9 Å². The number of H-pyrrole nitrogens is 1. The predicted molar refractivity (Wildman–Crippen MR) is 192 cm³/mol. The lowest BCUT2D eigenvalue weighted by Crippen LogP contribution is -2.65. The van der Waals surface area contributed by atoms with Crippen molar-refractivity contribution in [2.75, 3.05) is 36.7 Å². The molecule has 47 heavy (non-hydrogen) atoms. The van der Waals surface area contributed by atoms with Gasteiger partial charge in [-0.3, -0.25) is 4.79 Å². The summed E-state index contributed by atoms with van der Waals surface area (Å²) in [4.78, 5) is 31.2. The second-order valence-corrected chi connectivity index (χ2v) is 21.0. The van der Waals surface area contributed by atoms with E-state index in [-0.39, 0.29) is 28.5 Å². The zero-order chi connectivity index (χ0) is 34.3. The van der Waals surface area contributed by atoms with E-state index < -0.39 is 18.3 Å². The maximum Gasteiger partial charge on any atom is 0.211 e. The summed E-state index contributed by atoms with van der Waals surface area (Å²) < 4.78 is 32.5. The first kappa shape index (κ1) is 34.7. The number of aromatic amines is 1. The van der Waals surface area contributed by atoms with Crippen LogP contribution in [0.15, 0.2) is 59.9 Å². The maximum absolute atomic E-state index is 12.4. The van der Waals surface area contributed by atoms with Gasteiger partial charge in [-0.05, 0) is 66.5 Å². The van der Waals surface area contributed by atoms with Crippen molar-refractivity contribution in [2.24, 2.45) is 0 Å². The molecule has 4 aromatic rings. The van der Waals surface area contributed by atoms with E-state index in [4.69, 9.17) is 9.41 Å². The number of pyridine rings is 2. The summed E-state index contributed by atoms with van der Waals surface area (Å²) in [5.74, 6) is 1.65. The molecule has 0 spiro atoms. The molecule has 1 aliphatic rings. The average Bonchev–Trinajstić information content (AvgIpc) is 2.99. The number of likely N-dealkylation sites (N-methyl/N-ethyl adjacent to an activating group) is 1. The monoisotopic (exact) mass is 677 g/mol. The van der Waals surface area contributed by atoms with Crippen LogP contribution >= 0.6 is 0 Å². The first-order valence-corrected chi connectivity index (χ1v) is 20.8. The van der Waals surface area contributed by atoms with Crippen molar-refractivity contribution in [1.82, 2.24) is 24.2 Å². The number of fused-ring (bicyclic) bond motifs is 1. The highest BCUT2D eigenvalue weighted by Gasteiger charge is 2.42. The normalized spacial score (nSPS) is 18.0. The molecule has 1 fully saturated rings. The van der Waals surface area contributed by atoms with Gasteiger partial charge in [0.2, 0.25) is 10.0 Å². The van der Waals surface area contributed by atoms with E-state index in [9.17, 15) is 13.2 Å². The number of benzene rings is 1. The minimum Gasteiger partial charge on any atom is -0.417 e. The Morgan fingerprint density at radius 2 is 1.89 bits per heavy atom. The largest absolute Gasteiger partial charge is 0.417 e. The Kier molecular flexibility index (Phi) is 9.66. The Bertz CT molecular complexity index is 1930. The van der Waals surface area contributed by atoms with Gasteiger partial charge in [0.1, 0.15) is 11.6 Å². The molecular formula is C34H47N7O4SSi. The molecule has 1 aliphatic heterocycles. The number of hydrogen-bond acceptors (Lipinski definition) is 9. The van der Waals surface area contributed by atoms with E-state index in [1.165, 1.54) is 22.2 Å². The van der Waals surface area contributed by atoms with Gasteiger partial charge < -0.3 is 19.6 Å². The van der Waals surface area contributed by atoms with Crippen LogP contribution in [0.4, 0.5) is 17.3 Å². The van der Waals surface area contributed by atoms with Crippen LogP contribution in [0, 0.1) is 0 Å². The summed E-state index contributed by atoms with van der Waals surface area (Å²) in [7, 11) is -3.53. The first-order chi connectivity index (χ1) is 22.0. The first-order valence-electron chi connectivity index (χ1n) is 16.0.